The minimum absolute atomic E-state index is 0.0646. The van der Waals surface area contributed by atoms with E-state index < -0.39 is 5.60 Å². The molecule has 1 aromatic rings. The van der Waals surface area contributed by atoms with Crippen molar-refractivity contribution in [2.45, 2.75) is 37.8 Å². The van der Waals surface area contributed by atoms with Crippen LogP contribution in [0.3, 0.4) is 0 Å². The summed E-state index contributed by atoms with van der Waals surface area (Å²) in [6, 6.07) is 4.15. The number of thioether (sulfide) groups is 1. The average molecular weight is 285 g/mol. The second-order valence-electron chi connectivity index (χ2n) is 4.80. The number of rotatable bonds is 4. The molecule has 0 bridgehead atoms. The molecule has 1 saturated heterocycles. The Morgan fingerprint density at radius 3 is 2.89 bits per heavy atom. The third kappa shape index (κ3) is 3.49. The van der Waals surface area contributed by atoms with Crippen molar-refractivity contribution in [3.05, 3.63) is 22.4 Å². The van der Waals surface area contributed by atoms with Crippen molar-refractivity contribution < 1.29 is 9.90 Å². The Balaban J connectivity index is 1.86. The first-order valence-electron chi connectivity index (χ1n) is 6.24. The van der Waals surface area contributed by atoms with Gasteiger partial charge in [-0.05, 0) is 42.7 Å². The van der Waals surface area contributed by atoms with Gasteiger partial charge in [0.25, 0.3) is 5.91 Å². The van der Waals surface area contributed by atoms with Crippen LogP contribution < -0.4 is 5.32 Å². The van der Waals surface area contributed by atoms with Crippen molar-refractivity contribution in [3.63, 3.8) is 0 Å². The topological polar surface area (TPSA) is 49.3 Å². The van der Waals surface area contributed by atoms with Crippen LogP contribution in [0.2, 0.25) is 0 Å². The van der Waals surface area contributed by atoms with Gasteiger partial charge in [0.1, 0.15) is 5.60 Å². The highest BCUT2D eigenvalue weighted by Gasteiger charge is 2.37. The number of nitrogens with one attached hydrogen (secondary N) is 1. The number of hydrogen-bond acceptors (Lipinski definition) is 4. The first-order valence-corrected chi connectivity index (χ1v) is 8.27. The van der Waals surface area contributed by atoms with E-state index in [-0.39, 0.29) is 11.9 Å². The highest BCUT2D eigenvalue weighted by Crippen LogP contribution is 2.27. The Morgan fingerprint density at radius 2 is 2.28 bits per heavy atom. The SMILES string of the molecule is CC(Cc1cccs1)NC(=O)C1(O)CCSCC1. The van der Waals surface area contributed by atoms with Gasteiger partial charge < -0.3 is 10.4 Å². The third-order valence-electron chi connectivity index (χ3n) is 3.21. The van der Waals surface area contributed by atoms with Crippen LogP contribution in [-0.4, -0.2) is 34.2 Å². The summed E-state index contributed by atoms with van der Waals surface area (Å²) in [5.41, 5.74) is -1.14. The molecule has 1 aliphatic rings. The lowest BCUT2D eigenvalue weighted by molar-refractivity contribution is -0.141. The van der Waals surface area contributed by atoms with Crippen LogP contribution in [0, 0.1) is 0 Å². The van der Waals surface area contributed by atoms with Gasteiger partial charge in [-0.25, -0.2) is 0 Å². The highest BCUT2D eigenvalue weighted by atomic mass is 32.2. The lowest BCUT2D eigenvalue weighted by atomic mass is 9.95. The van der Waals surface area contributed by atoms with E-state index in [2.05, 4.69) is 11.4 Å². The molecule has 1 atom stereocenters. The quantitative estimate of drug-likeness (QED) is 0.890. The molecular formula is C13H19NO2S2. The van der Waals surface area contributed by atoms with Crippen molar-refractivity contribution in [2.24, 2.45) is 0 Å². The van der Waals surface area contributed by atoms with Crippen LogP contribution in [0.25, 0.3) is 0 Å². The molecule has 0 radical (unpaired) electrons. The van der Waals surface area contributed by atoms with E-state index in [0.717, 1.165) is 17.9 Å². The Morgan fingerprint density at radius 1 is 1.56 bits per heavy atom. The largest absolute Gasteiger partial charge is 0.380 e. The zero-order chi connectivity index (χ0) is 13.0. The number of carbonyl (C=O) groups excluding carboxylic acids is 1. The monoisotopic (exact) mass is 285 g/mol. The predicted molar refractivity (Wildman–Crippen MR) is 77.1 cm³/mol. The molecule has 0 aromatic carbocycles. The number of thiophene rings is 1. The molecular weight excluding hydrogens is 266 g/mol. The van der Waals surface area contributed by atoms with Gasteiger partial charge in [-0.1, -0.05) is 6.07 Å². The van der Waals surface area contributed by atoms with E-state index in [4.69, 9.17) is 0 Å². The molecule has 3 nitrogen and oxygen atoms in total. The van der Waals surface area contributed by atoms with Gasteiger partial charge in [-0.15, -0.1) is 11.3 Å². The minimum atomic E-state index is -1.14. The Hall–Kier alpha value is -0.520. The summed E-state index contributed by atoms with van der Waals surface area (Å²) < 4.78 is 0. The Labute approximate surface area is 116 Å². The van der Waals surface area contributed by atoms with E-state index in [0.29, 0.717) is 12.8 Å². The molecule has 2 N–H and O–H groups in total. The molecule has 100 valence electrons. The lowest BCUT2D eigenvalue weighted by Crippen LogP contribution is -2.51. The van der Waals surface area contributed by atoms with Gasteiger partial charge in [-0.2, -0.15) is 11.8 Å². The predicted octanol–water partition coefficient (Wildman–Crippen LogP) is 2.05. The van der Waals surface area contributed by atoms with E-state index >= 15 is 0 Å². The van der Waals surface area contributed by atoms with Gasteiger partial charge in [0.15, 0.2) is 0 Å². The molecule has 0 saturated carbocycles. The lowest BCUT2D eigenvalue weighted by Gasteiger charge is -2.31. The summed E-state index contributed by atoms with van der Waals surface area (Å²) >= 11 is 3.49. The van der Waals surface area contributed by atoms with Gasteiger partial charge in [0.2, 0.25) is 0 Å². The molecule has 2 rings (SSSR count). The Kier molecular flexibility index (Phi) is 4.70. The summed E-state index contributed by atoms with van der Waals surface area (Å²) in [5, 5.41) is 15.3. The van der Waals surface area contributed by atoms with Crippen LogP contribution in [0.5, 0.6) is 0 Å². The van der Waals surface area contributed by atoms with Gasteiger partial charge in [-0.3, -0.25) is 4.79 Å². The molecule has 0 spiro atoms. The van der Waals surface area contributed by atoms with E-state index in [1.165, 1.54) is 4.88 Å². The number of amides is 1. The Bertz CT molecular complexity index is 386. The first kappa shape index (κ1) is 13.9. The fourth-order valence-electron chi connectivity index (χ4n) is 2.08. The van der Waals surface area contributed by atoms with Gasteiger partial charge in [0.05, 0.1) is 0 Å². The van der Waals surface area contributed by atoms with Crippen molar-refractivity contribution in [1.29, 1.82) is 0 Å². The number of aliphatic hydroxyl groups is 1. The number of hydrogen-bond donors (Lipinski definition) is 2. The highest BCUT2D eigenvalue weighted by molar-refractivity contribution is 7.99. The maximum Gasteiger partial charge on any atom is 0.252 e. The summed E-state index contributed by atoms with van der Waals surface area (Å²) in [6.07, 6.45) is 1.96. The molecule has 1 aliphatic heterocycles. The smallest absolute Gasteiger partial charge is 0.252 e. The van der Waals surface area contributed by atoms with Crippen LogP contribution in [-0.2, 0) is 11.2 Å². The zero-order valence-electron chi connectivity index (χ0n) is 10.5. The molecule has 1 amide bonds. The fraction of sp³-hybridized carbons (Fsp3) is 0.615. The zero-order valence-corrected chi connectivity index (χ0v) is 12.1. The fourth-order valence-corrected chi connectivity index (χ4v) is 4.08. The maximum atomic E-state index is 12.1. The van der Waals surface area contributed by atoms with E-state index in [1.807, 2.05) is 18.4 Å². The van der Waals surface area contributed by atoms with Crippen molar-refractivity contribution >= 4 is 29.0 Å². The van der Waals surface area contributed by atoms with Crippen LogP contribution in [0.1, 0.15) is 24.6 Å². The van der Waals surface area contributed by atoms with Crippen LogP contribution >= 0.6 is 23.1 Å². The normalized spacial score (nSPS) is 20.3. The molecule has 18 heavy (non-hydrogen) atoms. The third-order valence-corrected chi connectivity index (χ3v) is 5.09. The maximum absolute atomic E-state index is 12.1. The average Bonchev–Trinajstić information content (AvgIpc) is 2.82. The summed E-state index contributed by atoms with van der Waals surface area (Å²) in [4.78, 5) is 13.4. The molecule has 1 fully saturated rings. The molecule has 1 unspecified atom stereocenters. The van der Waals surface area contributed by atoms with E-state index in [1.54, 1.807) is 23.1 Å². The standard InChI is InChI=1S/C13H19NO2S2/c1-10(9-11-3-2-6-18-11)14-12(15)13(16)4-7-17-8-5-13/h2-3,6,10,16H,4-5,7-9H2,1H3,(H,14,15). The van der Waals surface area contributed by atoms with Crippen molar-refractivity contribution in [2.75, 3.05) is 11.5 Å². The van der Waals surface area contributed by atoms with Crippen molar-refractivity contribution in [1.82, 2.24) is 5.32 Å². The molecule has 2 heterocycles. The molecule has 0 aliphatic carbocycles. The summed E-state index contributed by atoms with van der Waals surface area (Å²) in [6.45, 7) is 1.98. The van der Waals surface area contributed by atoms with E-state index in [9.17, 15) is 9.90 Å². The van der Waals surface area contributed by atoms with Crippen LogP contribution in [0.4, 0.5) is 0 Å². The minimum Gasteiger partial charge on any atom is -0.380 e. The molecule has 1 aromatic heterocycles. The first-order chi connectivity index (χ1) is 8.60. The van der Waals surface area contributed by atoms with Gasteiger partial charge >= 0.3 is 0 Å². The van der Waals surface area contributed by atoms with Crippen LogP contribution in [0.15, 0.2) is 17.5 Å². The summed E-state index contributed by atoms with van der Waals surface area (Å²) in [5.74, 6) is 1.53. The molecule has 5 heteroatoms. The second kappa shape index (κ2) is 6.08. The number of carbonyl (C=O) groups is 1. The van der Waals surface area contributed by atoms with Gasteiger partial charge in [0, 0.05) is 17.3 Å². The summed E-state index contributed by atoms with van der Waals surface area (Å²) in [7, 11) is 0. The van der Waals surface area contributed by atoms with Crippen molar-refractivity contribution in [3.8, 4) is 0 Å². The second-order valence-corrected chi connectivity index (χ2v) is 7.06.